The van der Waals surface area contributed by atoms with E-state index in [0.29, 0.717) is 24.2 Å². The molecule has 0 aliphatic carbocycles. The van der Waals surface area contributed by atoms with Crippen molar-refractivity contribution in [1.82, 2.24) is 19.4 Å². The molecule has 28 heavy (non-hydrogen) atoms. The molecule has 0 spiro atoms. The summed E-state index contributed by atoms with van der Waals surface area (Å²) in [5, 5.41) is 6.99. The number of piperidine rings is 1. The molecule has 2 aliphatic rings. The summed E-state index contributed by atoms with van der Waals surface area (Å²) < 4.78 is 40.5. The normalized spacial score (nSPS) is 21.2. The first-order chi connectivity index (χ1) is 13.5. The Morgan fingerprint density at radius 3 is 2.54 bits per heavy atom. The molecule has 0 radical (unpaired) electrons. The van der Waals surface area contributed by atoms with E-state index in [1.165, 1.54) is 16.4 Å². The van der Waals surface area contributed by atoms with Crippen molar-refractivity contribution in [3.05, 3.63) is 47.5 Å². The first-order valence-corrected chi connectivity index (χ1v) is 11.0. The summed E-state index contributed by atoms with van der Waals surface area (Å²) in [6.07, 6.45) is 5.01. The third-order valence-electron chi connectivity index (χ3n) is 5.54. The largest absolute Gasteiger partial charge is 0.339 e. The molecule has 1 atom stereocenters. The first-order valence-electron chi connectivity index (χ1n) is 9.55. The summed E-state index contributed by atoms with van der Waals surface area (Å²) in [6.45, 7) is 2.17. The predicted molar refractivity (Wildman–Crippen MR) is 101 cm³/mol. The minimum atomic E-state index is -3.71. The molecule has 4 rings (SSSR count). The fourth-order valence-corrected chi connectivity index (χ4v) is 5.54. The van der Waals surface area contributed by atoms with E-state index in [1.54, 1.807) is 6.20 Å². The van der Waals surface area contributed by atoms with Gasteiger partial charge in [-0.1, -0.05) is 0 Å². The smallest absolute Gasteiger partial charge is 0.257 e. The molecule has 9 heteroatoms. The summed E-state index contributed by atoms with van der Waals surface area (Å²) in [5.41, 5.74) is 1.24. The van der Waals surface area contributed by atoms with E-state index in [1.807, 2.05) is 4.90 Å². The Labute approximate surface area is 163 Å². The maximum absolute atomic E-state index is 13.2. The van der Waals surface area contributed by atoms with Gasteiger partial charge in [-0.3, -0.25) is 9.89 Å². The monoisotopic (exact) mass is 406 g/mol. The van der Waals surface area contributed by atoms with Crippen molar-refractivity contribution in [3.63, 3.8) is 0 Å². The fourth-order valence-electron chi connectivity index (χ4n) is 4.02. The minimum absolute atomic E-state index is 0.0419. The van der Waals surface area contributed by atoms with E-state index in [9.17, 15) is 17.6 Å². The van der Waals surface area contributed by atoms with Crippen LogP contribution in [-0.4, -0.2) is 59.9 Å². The van der Waals surface area contributed by atoms with Gasteiger partial charge in [-0.2, -0.15) is 9.40 Å². The predicted octanol–water partition coefficient (Wildman–Crippen LogP) is 2.35. The number of nitrogens with one attached hydrogen (secondary N) is 1. The molecule has 0 saturated carbocycles. The number of nitrogens with zero attached hydrogens (tertiary/aromatic N) is 3. The third-order valence-corrected chi connectivity index (χ3v) is 7.42. The van der Waals surface area contributed by atoms with Crippen molar-refractivity contribution < 1.29 is 17.6 Å². The highest BCUT2D eigenvalue weighted by molar-refractivity contribution is 7.89. The van der Waals surface area contributed by atoms with Gasteiger partial charge in [-0.15, -0.1) is 0 Å². The zero-order valence-electron chi connectivity index (χ0n) is 15.5. The van der Waals surface area contributed by atoms with Gasteiger partial charge in [0, 0.05) is 32.1 Å². The van der Waals surface area contributed by atoms with Gasteiger partial charge >= 0.3 is 0 Å². The van der Waals surface area contributed by atoms with Crippen molar-refractivity contribution >= 4 is 15.9 Å². The second kappa shape index (κ2) is 7.63. The van der Waals surface area contributed by atoms with Crippen molar-refractivity contribution in [1.29, 1.82) is 0 Å². The molecule has 2 fully saturated rings. The highest BCUT2D eigenvalue weighted by atomic mass is 32.2. The SMILES string of the molecule is O=C(c1cn[nH]c1[C@H]1CCCN(S(=O)(=O)c2ccc(F)cc2)C1)N1CCCC1. The Balaban J connectivity index is 1.56. The van der Waals surface area contributed by atoms with Crippen LogP contribution in [0.1, 0.15) is 47.7 Å². The van der Waals surface area contributed by atoms with Crippen LogP contribution in [0.15, 0.2) is 35.4 Å². The number of rotatable bonds is 4. The van der Waals surface area contributed by atoms with Crippen molar-refractivity contribution in [2.75, 3.05) is 26.2 Å². The Morgan fingerprint density at radius 2 is 1.82 bits per heavy atom. The third kappa shape index (κ3) is 3.56. The molecule has 1 N–H and O–H groups in total. The minimum Gasteiger partial charge on any atom is -0.339 e. The maximum Gasteiger partial charge on any atom is 0.257 e. The maximum atomic E-state index is 13.2. The number of carbonyl (C=O) groups is 1. The molecular formula is C19H23FN4O3S. The van der Waals surface area contributed by atoms with Crippen LogP contribution in [-0.2, 0) is 10.0 Å². The van der Waals surface area contributed by atoms with Crippen LogP contribution in [0.5, 0.6) is 0 Å². The number of aromatic nitrogens is 2. The van der Waals surface area contributed by atoms with E-state index < -0.39 is 15.8 Å². The molecule has 150 valence electrons. The summed E-state index contributed by atoms with van der Waals surface area (Å²) >= 11 is 0. The second-order valence-electron chi connectivity index (χ2n) is 7.35. The van der Waals surface area contributed by atoms with Crippen LogP contribution in [0.25, 0.3) is 0 Å². The molecule has 1 amide bonds. The lowest BCUT2D eigenvalue weighted by Crippen LogP contribution is -2.39. The average molecular weight is 406 g/mol. The van der Waals surface area contributed by atoms with E-state index in [4.69, 9.17) is 0 Å². The number of H-pyrrole nitrogens is 1. The van der Waals surface area contributed by atoms with Crippen molar-refractivity contribution in [2.45, 2.75) is 36.5 Å². The number of hydrogen-bond donors (Lipinski definition) is 1. The molecule has 1 aromatic heterocycles. The van der Waals surface area contributed by atoms with E-state index in [0.717, 1.165) is 44.5 Å². The Bertz CT molecular complexity index is 952. The Kier molecular flexibility index (Phi) is 5.20. The van der Waals surface area contributed by atoms with Gasteiger partial charge in [-0.25, -0.2) is 12.8 Å². The Hall–Kier alpha value is -2.26. The number of hydrogen-bond acceptors (Lipinski definition) is 4. The fraction of sp³-hybridized carbons (Fsp3) is 0.474. The molecule has 2 aliphatic heterocycles. The van der Waals surface area contributed by atoms with Gasteiger partial charge in [0.15, 0.2) is 0 Å². The number of likely N-dealkylation sites (tertiary alicyclic amines) is 1. The number of halogens is 1. The van der Waals surface area contributed by atoms with Gasteiger partial charge in [0.25, 0.3) is 5.91 Å². The lowest BCUT2D eigenvalue weighted by atomic mass is 9.93. The molecule has 3 heterocycles. The van der Waals surface area contributed by atoms with Gasteiger partial charge in [0.05, 0.1) is 22.3 Å². The summed E-state index contributed by atoms with van der Waals surface area (Å²) in [5.74, 6) is -0.647. The highest BCUT2D eigenvalue weighted by Crippen LogP contribution is 2.31. The average Bonchev–Trinajstić information content (AvgIpc) is 3.40. The molecule has 7 nitrogen and oxygen atoms in total. The number of amides is 1. The van der Waals surface area contributed by atoms with E-state index in [-0.39, 0.29) is 23.3 Å². The van der Waals surface area contributed by atoms with Gasteiger partial charge in [-0.05, 0) is 49.9 Å². The zero-order valence-corrected chi connectivity index (χ0v) is 16.3. The zero-order chi connectivity index (χ0) is 19.7. The van der Waals surface area contributed by atoms with Gasteiger partial charge < -0.3 is 4.90 Å². The summed E-state index contributed by atoms with van der Waals surface area (Å²) in [7, 11) is -3.71. The quantitative estimate of drug-likeness (QED) is 0.845. The van der Waals surface area contributed by atoms with Crippen LogP contribution in [0.3, 0.4) is 0 Å². The van der Waals surface area contributed by atoms with Crippen LogP contribution in [0, 0.1) is 5.82 Å². The number of benzene rings is 1. The van der Waals surface area contributed by atoms with Crippen LogP contribution in [0.2, 0.25) is 0 Å². The lowest BCUT2D eigenvalue weighted by molar-refractivity contribution is 0.0791. The van der Waals surface area contributed by atoms with E-state index >= 15 is 0 Å². The summed E-state index contributed by atoms with van der Waals surface area (Å²) in [6, 6.07) is 4.87. The van der Waals surface area contributed by atoms with Crippen molar-refractivity contribution in [2.24, 2.45) is 0 Å². The highest BCUT2D eigenvalue weighted by Gasteiger charge is 2.34. The number of aromatic amines is 1. The topological polar surface area (TPSA) is 86.4 Å². The van der Waals surface area contributed by atoms with Gasteiger partial charge in [0.2, 0.25) is 10.0 Å². The Morgan fingerprint density at radius 1 is 1.11 bits per heavy atom. The number of sulfonamides is 1. The van der Waals surface area contributed by atoms with Gasteiger partial charge in [0.1, 0.15) is 5.82 Å². The molecule has 0 bridgehead atoms. The molecular weight excluding hydrogens is 383 g/mol. The van der Waals surface area contributed by atoms with Crippen LogP contribution in [0.4, 0.5) is 4.39 Å². The van der Waals surface area contributed by atoms with Crippen molar-refractivity contribution in [3.8, 4) is 0 Å². The number of carbonyl (C=O) groups excluding carboxylic acids is 1. The molecule has 2 aromatic rings. The molecule has 1 aromatic carbocycles. The van der Waals surface area contributed by atoms with E-state index in [2.05, 4.69) is 10.2 Å². The molecule has 2 saturated heterocycles. The lowest BCUT2D eigenvalue weighted by Gasteiger charge is -2.32. The van der Waals surface area contributed by atoms with Crippen LogP contribution < -0.4 is 0 Å². The second-order valence-corrected chi connectivity index (χ2v) is 9.29. The standard InChI is InChI=1S/C19H23FN4O3S/c20-15-5-7-16(8-6-15)28(26,27)24-11-3-4-14(13-24)18-17(12-21-22-18)19(25)23-9-1-2-10-23/h5-8,12,14H,1-4,9-11,13H2,(H,21,22)/t14-/m0/s1. The summed E-state index contributed by atoms with van der Waals surface area (Å²) in [4.78, 5) is 14.7. The van der Waals surface area contributed by atoms with Crippen LogP contribution >= 0.6 is 0 Å². The molecule has 0 unspecified atom stereocenters. The first kappa shape index (κ1) is 19.1.